The summed E-state index contributed by atoms with van der Waals surface area (Å²) in [5.74, 6) is 2.46. The van der Waals surface area contributed by atoms with Gasteiger partial charge in [0, 0.05) is 57.6 Å². The zero-order valence-corrected chi connectivity index (χ0v) is 30.3. The third-order valence-corrected chi connectivity index (χ3v) is 8.90. The Bertz CT molecular complexity index is 1990. The Morgan fingerprint density at radius 3 is 2.11 bits per heavy atom. The van der Waals surface area contributed by atoms with Gasteiger partial charge in [0.2, 0.25) is 11.8 Å². The highest BCUT2D eigenvalue weighted by atomic mass is 19.1. The number of nitrogens with one attached hydrogen (secondary N) is 1. The van der Waals surface area contributed by atoms with Crippen molar-refractivity contribution in [3.05, 3.63) is 101 Å². The van der Waals surface area contributed by atoms with Gasteiger partial charge in [-0.25, -0.2) is 24.1 Å². The molecular formula is C38H42FN9O5. The summed E-state index contributed by atoms with van der Waals surface area (Å²) in [5, 5.41) is 12.8. The maximum absolute atomic E-state index is 14.7. The lowest BCUT2D eigenvalue weighted by Gasteiger charge is -2.38. The van der Waals surface area contributed by atoms with E-state index < -0.39 is 11.9 Å². The molecule has 276 valence electrons. The summed E-state index contributed by atoms with van der Waals surface area (Å²) in [6, 6.07) is 18.7. The molecule has 0 aliphatic carbocycles. The van der Waals surface area contributed by atoms with E-state index in [1.807, 2.05) is 68.4 Å². The molecule has 2 N–H and O–H groups in total. The molecule has 15 heteroatoms. The van der Waals surface area contributed by atoms with Gasteiger partial charge in [0.15, 0.2) is 11.6 Å². The van der Waals surface area contributed by atoms with Gasteiger partial charge in [-0.15, -0.1) is 0 Å². The van der Waals surface area contributed by atoms with Crippen molar-refractivity contribution in [2.24, 2.45) is 0 Å². The number of amides is 1. The van der Waals surface area contributed by atoms with E-state index in [4.69, 9.17) is 34.1 Å². The summed E-state index contributed by atoms with van der Waals surface area (Å²) in [7, 11) is 4.62. The molecule has 0 spiro atoms. The second-order valence-corrected chi connectivity index (χ2v) is 12.7. The predicted molar refractivity (Wildman–Crippen MR) is 197 cm³/mol. The molecule has 3 aromatic heterocycles. The number of nitrogens with zero attached hydrogens (tertiary/aromatic N) is 8. The topological polar surface area (TPSA) is 151 Å². The van der Waals surface area contributed by atoms with Crippen LogP contribution in [-0.4, -0.2) is 92.9 Å². The molecule has 4 heterocycles. The van der Waals surface area contributed by atoms with Gasteiger partial charge in [-0.3, -0.25) is 4.90 Å². The Labute approximate surface area is 307 Å². The number of hydrogen-bond acceptors (Lipinski definition) is 12. The highest BCUT2D eigenvalue weighted by molar-refractivity contribution is 5.75. The standard InChI is InChI=1S/C38H42FN9O5/c1-24-20-46(14-15-48(24)38(49)50)21-28-16-32(34(40-18-28)44-29-17-33(39)36(53-5)41-19-29)35-42-25(2)43-37(45-35)47(22-26-6-10-30(51-3)11-7-26)23-27-8-12-31(52-4)13-9-27/h6-13,16-19,24H,14-15,20-23H2,1-5H3,(H,40,44)(H,49,50). The number of benzene rings is 2. The molecule has 1 amide bonds. The predicted octanol–water partition coefficient (Wildman–Crippen LogP) is 5.94. The van der Waals surface area contributed by atoms with Crippen LogP contribution in [0.15, 0.2) is 73.1 Å². The van der Waals surface area contributed by atoms with Crippen molar-refractivity contribution in [3.63, 3.8) is 0 Å². The van der Waals surface area contributed by atoms with Crippen LogP contribution in [-0.2, 0) is 19.6 Å². The zero-order valence-electron chi connectivity index (χ0n) is 30.3. The van der Waals surface area contributed by atoms with Gasteiger partial charge >= 0.3 is 6.09 Å². The summed E-state index contributed by atoms with van der Waals surface area (Å²) >= 11 is 0. The van der Waals surface area contributed by atoms with Crippen LogP contribution in [0, 0.1) is 12.7 Å². The Balaban J connectivity index is 1.38. The lowest BCUT2D eigenvalue weighted by Crippen LogP contribution is -2.53. The van der Waals surface area contributed by atoms with E-state index in [1.54, 1.807) is 20.4 Å². The number of carbonyl (C=O) groups is 1. The number of ether oxygens (including phenoxy) is 3. The van der Waals surface area contributed by atoms with Gasteiger partial charge in [0.25, 0.3) is 0 Å². The molecule has 14 nitrogen and oxygen atoms in total. The SMILES string of the molecule is COc1ccc(CN(Cc2ccc(OC)cc2)c2nc(C)nc(-c3cc(CN4CCN(C(=O)O)C(C)C4)cnc3Nc3cnc(OC)c(F)c3)n2)cc1. The molecule has 2 aromatic carbocycles. The molecule has 0 radical (unpaired) electrons. The van der Waals surface area contributed by atoms with Crippen LogP contribution in [0.4, 0.5) is 26.6 Å². The van der Waals surface area contributed by atoms with E-state index >= 15 is 0 Å². The molecule has 1 fully saturated rings. The first-order valence-electron chi connectivity index (χ1n) is 17.0. The van der Waals surface area contributed by atoms with Crippen LogP contribution in [0.2, 0.25) is 0 Å². The first kappa shape index (κ1) is 36.7. The van der Waals surface area contributed by atoms with Crippen LogP contribution in [0.1, 0.15) is 29.4 Å². The van der Waals surface area contributed by atoms with Crippen molar-refractivity contribution in [1.29, 1.82) is 0 Å². The Kier molecular flexibility index (Phi) is 11.4. The number of hydrogen-bond donors (Lipinski definition) is 2. The van der Waals surface area contributed by atoms with E-state index in [0.29, 0.717) is 73.9 Å². The smallest absolute Gasteiger partial charge is 0.407 e. The third kappa shape index (κ3) is 9.05. The minimum Gasteiger partial charge on any atom is -0.497 e. The average Bonchev–Trinajstić information content (AvgIpc) is 3.15. The molecule has 5 aromatic rings. The monoisotopic (exact) mass is 723 g/mol. The fourth-order valence-corrected chi connectivity index (χ4v) is 6.19. The fraction of sp³-hybridized carbons (Fsp3) is 0.316. The first-order chi connectivity index (χ1) is 25.6. The summed E-state index contributed by atoms with van der Waals surface area (Å²) in [4.78, 5) is 40.8. The quantitative estimate of drug-likeness (QED) is 0.148. The van der Waals surface area contributed by atoms with E-state index in [9.17, 15) is 14.3 Å². The maximum atomic E-state index is 14.7. The zero-order chi connectivity index (χ0) is 37.5. The number of anilines is 3. The van der Waals surface area contributed by atoms with E-state index in [1.165, 1.54) is 24.3 Å². The van der Waals surface area contributed by atoms with Gasteiger partial charge in [-0.2, -0.15) is 9.97 Å². The third-order valence-electron chi connectivity index (χ3n) is 8.90. The Morgan fingerprint density at radius 1 is 0.887 bits per heavy atom. The summed E-state index contributed by atoms with van der Waals surface area (Å²) < 4.78 is 30.5. The summed E-state index contributed by atoms with van der Waals surface area (Å²) in [6.45, 7) is 6.75. The average molecular weight is 724 g/mol. The lowest BCUT2D eigenvalue weighted by molar-refractivity contribution is 0.0711. The largest absolute Gasteiger partial charge is 0.497 e. The highest BCUT2D eigenvalue weighted by Gasteiger charge is 2.27. The summed E-state index contributed by atoms with van der Waals surface area (Å²) in [5.41, 5.74) is 3.84. The van der Waals surface area contributed by atoms with Crippen molar-refractivity contribution in [2.75, 3.05) is 51.2 Å². The number of rotatable bonds is 13. The van der Waals surface area contributed by atoms with E-state index in [-0.39, 0.29) is 11.9 Å². The molecule has 6 rings (SSSR count). The molecule has 1 aliphatic rings. The number of pyridine rings is 2. The Morgan fingerprint density at radius 2 is 1.55 bits per heavy atom. The van der Waals surface area contributed by atoms with Crippen LogP contribution < -0.4 is 24.4 Å². The number of piperazine rings is 1. The molecule has 0 saturated carbocycles. The van der Waals surface area contributed by atoms with Gasteiger partial charge in [-0.05, 0) is 60.9 Å². The van der Waals surface area contributed by atoms with Crippen molar-refractivity contribution in [2.45, 2.75) is 39.5 Å². The molecular weight excluding hydrogens is 681 g/mol. The number of aryl methyl sites for hydroxylation is 1. The minimum atomic E-state index is -0.921. The molecule has 1 atom stereocenters. The normalized spacial score (nSPS) is 14.5. The maximum Gasteiger partial charge on any atom is 0.407 e. The Hall–Kier alpha value is -6.09. The van der Waals surface area contributed by atoms with Crippen LogP contribution in [0.5, 0.6) is 17.4 Å². The van der Waals surface area contributed by atoms with E-state index in [2.05, 4.69) is 20.1 Å². The van der Waals surface area contributed by atoms with Gasteiger partial charge in [0.1, 0.15) is 23.1 Å². The van der Waals surface area contributed by atoms with Gasteiger partial charge in [-0.1, -0.05) is 24.3 Å². The fourth-order valence-electron chi connectivity index (χ4n) is 6.19. The molecule has 0 bridgehead atoms. The van der Waals surface area contributed by atoms with Crippen LogP contribution in [0.3, 0.4) is 0 Å². The minimum absolute atomic E-state index is 0.122. The van der Waals surface area contributed by atoms with Gasteiger partial charge in [0.05, 0.1) is 38.8 Å². The second kappa shape index (κ2) is 16.5. The number of halogens is 1. The molecule has 53 heavy (non-hydrogen) atoms. The molecule has 1 unspecified atom stereocenters. The second-order valence-electron chi connectivity index (χ2n) is 12.7. The number of methoxy groups -OCH3 is 3. The van der Waals surface area contributed by atoms with Crippen molar-refractivity contribution >= 4 is 23.5 Å². The highest BCUT2D eigenvalue weighted by Crippen LogP contribution is 2.31. The number of aromatic nitrogens is 5. The summed E-state index contributed by atoms with van der Waals surface area (Å²) in [6.07, 6.45) is 2.28. The lowest BCUT2D eigenvalue weighted by atomic mass is 10.1. The van der Waals surface area contributed by atoms with Crippen molar-refractivity contribution in [1.82, 2.24) is 34.7 Å². The van der Waals surface area contributed by atoms with Crippen LogP contribution >= 0.6 is 0 Å². The van der Waals surface area contributed by atoms with Crippen molar-refractivity contribution < 1.29 is 28.5 Å². The number of carboxylic acid groups (broad SMARTS) is 1. The van der Waals surface area contributed by atoms with Crippen molar-refractivity contribution in [3.8, 4) is 28.8 Å². The van der Waals surface area contributed by atoms with Gasteiger partial charge < -0.3 is 34.4 Å². The molecule has 1 aliphatic heterocycles. The first-order valence-corrected chi connectivity index (χ1v) is 17.0. The molecule has 1 saturated heterocycles. The van der Waals surface area contributed by atoms with Crippen LogP contribution in [0.25, 0.3) is 11.4 Å². The van der Waals surface area contributed by atoms with E-state index in [0.717, 1.165) is 28.2 Å².